The lowest BCUT2D eigenvalue weighted by Crippen LogP contribution is -2.05. The van der Waals surface area contributed by atoms with Gasteiger partial charge >= 0.3 is 5.97 Å². The lowest BCUT2D eigenvalue weighted by molar-refractivity contribution is -0.136. The SMILES string of the molecule is O=C(O)Cc1cc(OCc2ccccc2)ccc1OCc1ccccc1. The fourth-order valence-corrected chi connectivity index (χ4v) is 2.56. The fraction of sp³-hybridized carbons (Fsp3) is 0.136. The summed E-state index contributed by atoms with van der Waals surface area (Å²) >= 11 is 0. The van der Waals surface area contributed by atoms with Crippen molar-refractivity contribution in [1.29, 1.82) is 0 Å². The van der Waals surface area contributed by atoms with E-state index in [1.54, 1.807) is 18.2 Å². The molecule has 0 aliphatic rings. The average Bonchev–Trinajstić information content (AvgIpc) is 2.67. The number of carboxylic acids is 1. The van der Waals surface area contributed by atoms with E-state index in [-0.39, 0.29) is 6.42 Å². The van der Waals surface area contributed by atoms with Crippen LogP contribution in [-0.4, -0.2) is 11.1 Å². The predicted octanol–water partition coefficient (Wildman–Crippen LogP) is 4.47. The second-order valence-corrected chi connectivity index (χ2v) is 5.89. The van der Waals surface area contributed by atoms with Gasteiger partial charge in [0.1, 0.15) is 24.7 Å². The molecule has 0 atom stereocenters. The first-order valence-corrected chi connectivity index (χ1v) is 8.39. The summed E-state index contributed by atoms with van der Waals surface area (Å²) in [7, 11) is 0. The standard InChI is InChI=1S/C22H20O4/c23-22(24)14-19-13-20(25-15-17-7-3-1-4-8-17)11-12-21(19)26-16-18-9-5-2-6-10-18/h1-13H,14-16H2,(H,23,24). The van der Waals surface area contributed by atoms with E-state index in [0.29, 0.717) is 30.3 Å². The zero-order chi connectivity index (χ0) is 18.2. The first kappa shape index (κ1) is 17.5. The van der Waals surface area contributed by atoms with Gasteiger partial charge in [0.25, 0.3) is 0 Å². The highest BCUT2D eigenvalue weighted by Gasteiger charge is 2.11. The van der Waals surface area contributed by atoms with E-state index in [9.17, 15) is 9.90 Å². The van der Waals surface area contributed by atoms with Gasteiger partial charge in [-0.3, -0.25) is 4.79 Å². The first-order chi connectivity index (χ1) is 12.7. The molecular formula is C22H20O4. The number of aliphatic carboxylic acids is 1. The number of benzene rings is 3. The molecule has 3 aromatic carbocycles. The zero-order valence-electron chi connectivity index (χ0n) is 14.3. The van der Waals surface area contributed by atoms with Crippen molar-refractivity contribution in [2.24, 2.45) is 0 Å². The van der Waals surface area contributed by atoms with Crippen LogP contribution < -0.4 is 9.47 Å². The van der Waals surface area contributed by atoms with Gasteiger partial charge in [-0.05, 0) is 29.3 Å². The van der Waals surface area contributed by atoms with Crippen molar-refractivity contribution in [2.45, 2.75) is 19.6 Å². The van der Waals surface area contributed by atoms with E-state index in [1.807, 2.05) is 60.7 Å². The third kappa shape index (κ3) is 5.11. The van der Waals surface area contributed by atoms with Gasteiger partial charge in [-0.25, -0.2) is 0 Å². The van der Waals surface area contributed by atoms with Crippen molar-refractivity contribution in [1.82, 2.24) is 0 Å². The molecular weight excluding hydrogens is 328 g/mol. The topological polar surface area (TPSA) is 55.8 Å². The molecule has 1 N–H and O–H groups in total. The Morgan fingerprint density at radius 3 is 1.92 bits per heavy atom. The highest BCUT2D eigenvalue weighted by Crippen LogP contribution is 2.26. The number of carboxylic acid groups (broad SMARTS) is 1. The average molecular weight is 348 g/mol. The molecule has 0 aromatic heterocycles. The smallest absolute Gasteiger partial charge is 0.307 e. The van der Waals surface area contributed by atoms with Crippen molar-refractivity contribution in [3.8, 4) is 11.5 Å². The molecule has 0 fully saturated rings. The number of ether oxygens (including phenoxy) is 2. The van der Waals surface area contributed by atoms with Crippen molar-refractivity contribution in [3.05, 3.63) is 95.6 Å². The summed E-state index contributed by atoms with van der Waals surface area (Å²) in [5.41, 5.74) is 2.67. The predicted molar refractivity (Wildman–Crippen MR) is 99.3 cm³/mol. The number of hydrogen-bond acceptors (Lipinski definition) is 3. The summed E-state index contributed by atoms with van der Waals surface area (Å²) in [5, 5.41) is 9.18. The van der Waals surface area contributed by atoms with Gasteiger partial charge in [0, 0.05) is 5.56 Å². The van der Waals surface area contributed by atoms with Crippen LogP contribution in [0.5, 0.6) is 11.5 Å². The highest BCUT2D eigenvalue weighted by molar-refractivity contribution is 5.71. The Balaban J connectivity index is 1.71. The monoisotopic (exact) mass is 348 g/mol. The van der Waals surface area contributed by atoms with E-state index in [4.69, 9.17) is 9.47 Å². The molecule has 0 saturated carbocycles. The van der Waals surface area contributed by atoms with Crippen molar-refractivity contribution in [3.63, 3.8) is 0 Å². The van der Waals surface area contributed by atoms with Crippen molar-refractivity contribution >= 4 is 5.97 Å². The molecule has 0 saturated heterocycles. The molecule has 0 bridgehead atoms. The minimum atomic E-state index is -0.908. The third-order valence-corrected chi connectivity index (χ3v) is 3.86. The van der Waals surface area contributed by atoms with Gasteiger partial charge in [-0.2, -0.15) is 0 Å². The molecule has 0 amide bonds. The normalized spacial score (nSPS) is 10.3. The molecule has 0 aliphatic heterocycles. The molecule has 0 spiro atoms. The second kappa shape index (κ2) is 8.72. The van der Waals surface area contributed by atoms with E-state index >= 15 is 0 Å². The summed E-state index contributed by atoms with van der Waals surface area (Å²) in [6.45, 7) is 0.815. The van der Waals surface area contributed by atoms with Crippen molar-refractivity contribution < 1.29 is 19.4 Å². The Bertz CT molecular complexity index is 845. The largest absolute Gasteiger partial charge is 0.489 e. The van der Waals surface area contributed by atoms with Gasteiger partial charge in [0.05, 0.1) is 6.42 Å². The molecule has 0 unspecified atom stereocenters. The molecule has 0 aliphatic carbocycles. The summed E-state index contributed by atoms with van der Waals surface area (Å²) in [5.74, 6) is 0.273. The molecule has 4 heteroatoms. The Hall–Kier alpha value is -3.27. The Morgan fingerprint density at radius 1 is 0.769 bits per heavy atom. The zero-order valence-corrected chi connectivity index (χ0v) is 14.3. The second-order valence-electron chi connectivity index (χ2n) is 5.89. The van der Waals surface area contributed by atoms with Crippen molar-refractivity contribution in [2.75, 3.05) is 0 Å². The van der Waals surface area contributed by atoms with Crippen LogP contribution in [0.15, 0.2) is 78.9 Å². The Labute approximate surface area is 152 Å². The molecule has 0 heterocycles. The van der Waals surface area contributed by atoms with Gasteiger partial charge in [-0.1, -0.05) is 60.7 Å². The highest BCUT2D eigenvalue weighted by atomic mass is 16.5. The number of hydrogen-bond donors (Lipinski definition) is 1. The van der Waals surface area contributed by atoms with Crippen LogP contribution in [0.4, 0.5) is 0 Å². The van der Waals surface area contributed by atoms with Crippen LogP contribution in [0.2, 0.25) is 0 Å². The van der Waals surface area contributed by atoms with E-state index in [1.165, 1.54) is 0 Å². The maximum absolute atomic E-state index is 11.2. The van der Waals surface area contributed by atoms with Gasteiger partial charge < -0.3 is 14.6 Å². The molecule has 0 radical (unpaired) electrons. The third-order valence-electron chi connectivity index (χ3n) is 3.86. The van der Waals surface area contributed by atoms with E-state index in [2.05, 4.69) is 0 Å². The maximum atomic E-state index is 11.2. The van der Waals surface area contributed by atoms with E-state index in [0.717, 1.165) is 11.1 Å². The van der Waals surface area contributed by atoms with Crippen LogP contribution in [0.1, 0.15) is 16.7 Å². The summed E-state index contributed by atoms with van der Waals surface area (Å²) in [6.07, 6.45) is -0.118. The molecule has 3 rings (SSSR count). The van der Waals surface area contributed by atoms with Gasteiger partial charge in [0.2, 0.25) is 0 Å². The quantitative estimate of drug-likeness (QED) is 0.652. The maximum Gasteiger partial charge on any atom is 0.307 e. The van der Waals surface area contributed by atoms with Gasteiger partial charge in [0.15, 0.2) is 0 Å². The van der Waals surface area contributed by atoms with Crippen LogP contribution in [-0.2, 0) is 24.4 Å². The fourth-order valence-electron chi connectivity index (χ4n) is 2.56. The molecule has 3 aromatic rings. The molecule has 26 heavy (non-hydrogen) atoms. The minimum Gasteiger partial charge on any atom is -0.489 e. The Kier molecular flexibility index (Phi) is 5.88. The first-order valence-electron chi connectivity index (χ1n) is 8.39. The van der Waals surface area contributed by atoms with Crippen LogP contribution in [0.25, 0.3) is 0 Å². The summed E-state index contributed by atoms with van der Waals surface area (Å²) in [6, 6.07) is 24.9. The minimum absolute atomic E-state index is 0.118. The van der Waals surface area contributed by atoms with E-state index < -0.39 is 5.97 Å². The lowest BCUT2D eigenvalue weighted by atomic mass is 10.1. The summed E-state index contributed by atoms with van der Waals surface area (Å²) in [4.78, 5) is 11.2. The molecule has 4 nitrogen and oxygen atoms in total. The number of rotatable bonds is 8. The summed E-state index contributed by atoms with van der Waals surface area (Å²) < 4.78 is 11.6. The van der Waals surface area contributed by atoms with Crippen LogP contribution >= 0.6 is 0 Å². The number of carbonyl (C=O) groups is 1. The van der Waals surface area contributed by atoms with Crippen LogP contribution in [0.3, 0.4) is 0 Å². The Morgan fingerprint density at radius 2 is 1.35 bits per heavy atom. The molecule has 132 valence electrons. The van der Waals surface area contributed by atoms with Crippen LogP contribution in [0, 0.1) is 0 Å². The van der Waals surface area contributed by atoms with Gasteiger partial charge in [-0.15, -0.1) is 0 Å². The lowest BCUT2D eigenvalue weighted by Gasteiger charge is -2.13.